The number of carbonyl (C=O) groups is 2. The number of hydrogen-bond acceptors (Lipinski definition) is 2. The summed E-state index contributed by atoms with van der Waals surface area (Å²) in [6.45, 7) is 7.81. The molecule has 2 atom stereocenters. The van der Waals surface area contributed by atoms with E-state index in [9.17, 15) is 9.59 Å². The van der Waals surface area contributed by atoms with Gasteiger partial charge in [0.1, 0.15) is 0 Å². The summed E-state index contributed by atoms with van der Waals surface area (Å²) in [6, 6.07) is -0.285. The molecule has 0 rings (SSSR count). The Morgan fingerprint density at radius 3 is 1.95 bits per heavy atom. The van der Waals surface area contributed by atoms with Crippen molar-refractivity contribution < 1.29 is 9.59 Å². The van der Waals surface area contributed by atoms with Crippen molar-refractivity contribution in [2.24, 2.45) is 5.92 Å². The molecule has 1 amide bonds. The van der Waals surface area contributed by atoms with Crippen molar-refractivity contribution in [2.75, 3.05) is 0 Å². The summed E-state index contributed by atoms with van der Waals surface area (Å²) in [5.74, 6) is 0.123. The smallest absolute Gasteiger partial charge is 0.223 e. The summed E-state index contributed by atoms with van der Waals surface area (Å²) < 4.78 is 0. The van der Waals surface area contributed by atoms with Gasteiger partial charge in [0.25, 0.3) is 0 Å². The van der Waals surface area contributed by atoms with Crippen LogP contribution in [0.25, 0.3) is 0 Å². The highest BCUT2D eigenvalue weighted by Crippen LogP contribution is 2.11. The van der Waals surface area contributed by atoms with Gasteiger partial charge in [0.15, 0.2) is 5.78 Å². The molecule has 0 fully saturated rings. The standard InChI is InChI=1S/C16H31NO2/c1-5-7-9-11-13(3)16(19)17-15(14(4)18)12-10-8-6-2/h13,15H,5-12H2,1-4H3,(H,17,19). The Morgan fingerprint density at radius 2 is 1.47 bits per heavy atom. The molecule has 0 aromatic heterocycles. The zero-order chi connectivity index (χ0) is 14.7. The number of amides is 1. The lowest BCUT2D eigenvalue weighted by molar-refractivity contribution is -0.129. The van der Waals surface area contributed by atoms with Crippen LogP contribution in [-0.2, 0) is 9.59 Å². The third kappa shape index (κ3) is 8.79. The van der Waals surface area contributed by atoms with Crippen LogP contribution in [0, 0.1) is 5.92 Å². The second-order valence-corrected chi connectivity index (χ2v) is 5.56. The first-order chi connectivity index (χ1) is 9.02. The second-order valence-electron chi connectivity index (χ2n) is 5.56. The molecule has 0 aromatic carbocycles. The third-order valence-corrected chi connectivity index (χ3v) is 3.59. The summed E-state index contributed by atoms with van der Waals surface area (Å²) in [4.78, 5) is 23.6. The fraction of sp³-hybridized carbons (Fsp3) is 0.875. The molecule has 0 bridgehead atoms. The highest BCUT2D eigenvalue weighted by atomic mass is 16.2. The minimum Gasteiger partial charge on any atom is -0.346 e. The molecule has 19 heavy (non-hydrogen) atoms. The van der Waals surface area contributed by atoms with Gasteiger partial charge in [-0.2, -0.15) is 0 Å². The number of unbranched alkanes of at least 4 members (excludes halogenated alkanes) is 4. The van der Waals surface area contributed by atoms with E-state index >= 15 is 0 Å². The maximum Gasteiger partial charge on any atom is 0.223 e. The molecule has 0 aliphatic rings. The lowest BCUT2D eigenvalue weighted by Gasteiger charge is -2.19. The predicted molar refractivity (Wildman–Crippen MR) is 80.1 cm³/mol. The zero-order valence-electron chi connectivity index (χ0n) is 13.1. The molecule has 112 valence electrons. The molecule has 0 radical (unpaired) electrons. The minimum atomic E-state index is -0.285. The summed E-state index contributed by atoms with van der Waals surface area (Å²) in [5.41, 5.74) is 0. The van der Waals surface area contributed by atoms with E-state index in [2.05, 4.69) is 19.2 Å². The molecule has 0 aliphatic carbocycles. The average molecular weight is 269 g/mol. The van der Waals surface area contributed by atoms with E-state index in [1.165, 1.54) is 12.8 Å². The van der Waals surface area contributed by atoms with Crippen molar-refractivity contribution in [3.05, 3.63) is 0 Å². The molecule has 3 heteroatoms. The van der Waals surface area contributed by atoms with Crippen LogP contribution >= 0.6 is 0 Å². The normalized spacial score (nSPS) is 13.9. The van der Waals surface area contributed by atoms with Crippen LogP contribution in [0.1, 0.15) is 79.1 Å². The van der Waals surface area contributed by atoms with Gasteiger partial charge < -0.3 is 5.32 Å². The van der Waals surface area contributed by atoms with Gasteiger partial charge in [-0.05, 0) is 19.8 Å². The van der Waals surface area contributed by atoms with Crippen molar-refractivity contribution in [2.45, 2.75) is 85.1 Å². The number of ketones is 1. The fourth-order valence-corrected chi connectivity index (χ4v) is 2.12. The first-order valence-corrected chi connectivity index (χ1v) is 7.83. The van der Waals surface area contributed by atoms with Crippen LogP contribution in [0.4, 0.5) is 0 Å². The SMILES string of the molecule is CCCCCC(C)C(=O)NC(CCCCC)C(C)=O. The van der Waals surface area contributed by atoms with E-state index in [1.54, 1.807) is 6.92 Å². The van der Waals surface area contributed by atoms with Gasteiger partial charge in [-0.1, -0.05) is 59.3 Å². The molecule has 0 saturated carbocycles. The lowest BCUT2D eigenvalue weighted by atomic mass is 10.00. The summed E-state index contributed by atoms with van der Waals surface area (Å²) >= 11 is 0. The Balaban J connectivity index is 4.11. The number of nitrogens with one attached hydrogen (secondary N) is 1. The van der Waals surface area contributed by atoms with Gasteiger partial charge in [0.05, 0.1) is 6.04 Å². The highest BCUT2D eigenvalue weighted by Gasteiger charge is 2.20. The van der Waals surface area contributed by atoms with Gasteiger partial charge in [0, 0.05) is 5.92 Å². The van der Waals surface area contributed by atoms with Gasteiger partial charge in [-0.3, -0.25) is 9.59 Å². The van der Waals surface area contributed by atoms with E-state index < -0.39 is 0 Å². The Hall–Kier alpha value is -0.860. The Morgan fingerprint density at radius 1 is 0.947 bits per heavy atom. The molecule has 2 unspecified atom stereocenters. The summed E-state index contributed by atoms with van der Waals surface area (Å²) in [7, 11) is 0. The van der Waals surface area contributed by atoms with Gasteiger partial charge in [-0.15, -0.1) is 0 Å². The van der Waals surface area contributed by atoms with Crippen molar-refractivity contribution in [1.82, 2.24) is 5.32 Å². The molecular weight excluding hydrogens is 238 g/mol. The lowest BCUT2D eigenvalue weighted by Crippen LogP contribution is -2.42. The van der Waals surface area contributed by atoms with E-state index in [4.69, 9.17) is 0 Å². The molecule has 1 N–H and O–H groups in total. The van der Waals surface area contributed by atoms with Crippen LogP contribution in [0.2, 0.25) is 0 Å². The van der Waals surface area contributed by atoms with Crippen molar-refractivity contribution >= 4 is 11.7 Å². The summed E-state index contributed by atoms with van der Waals surface area (Å²) in [5, 5.41) is 2.91. The number of rotatable bonds is 11. The molecule has 0 aliphatic heterocycles. The van der Waals surface area contributed by atoms with Gasteiger partial charge in [-0.25, -0.2) is 0 Å². The topological polar surface area (TPSA) is 46.2 Å². The van der Waals surface area contributed by atoms with E-state index in [-0.39, 0.29) is 23.7 Å². The van der Waals surface area contributed by atoms with E-state index in [1.807, 2.05) is 6.92 Å². The molecule has 0 heterocycles. The van der Waals surface area contributed by atoms with Crippen LogP contribution in [0.5, 0.6) is 0 Å². The minimum absolute atomic E-state index is 0.0135. The first kappa shape index (κ1) is 18.1. The number of Topliss-reactive ketones (excluding diaryl/α,β-unsaturated/α-hetero) is 1. The number of carbonyl (C=O) groups excluding carboxylic acids is 2. The van der Waals surface area contributed by atoms with E-state index in [0.717, 1.165) is 38.5 Å². The quantitative estimate of drug-likeness (QED) is 0.579. The largest absolute Gasteiger partial charge is 0.346 e. The molecule has 3 nitrogen and oxygen atoms in total. The highest BCUT2D eigenvalue weighted by molar-refractivity contribution is 5.88. The van der Waals surface area contributed by atoms with Crippen LogP contribution in [0.3, 0.4) is 0 Å². The van der Waals surface area contributed by atoms with Crippen molar-refractivity contribution in [3.8, 4) is 0 Å². The van der Waals surface area contributed by atoms with Crippen LogP contribution in [0.15, 0.2) is 0 Å². The Bertz CT molecular complexity index is 263. The Kier molecular flexibility index (Phi) is 10.5. The monoisotopic (exact) mass is 269 g/mol. The van der Waals surface area contributed by atoms with Gasteiger partial charge in [0.2, 0.25) is 5.91 Å². The fourth-order valence-electron chi connectivity index (χ4n) is 2.12. The zero-order valence-corrected chi connectivity index (χ0v) is 13.1. The van der Waals surface area contributed by atoms with Crippen LogP contribution < -0.4 is 5.32 Å². The maximum atomic E-state index is 12.0. The summed E-state index contributed by atoms with van der Waals surface area (Å²) in [6.07, 6.45) is 8.37. The van der Waals surface area contributed by atoms with Crippen LogP contribution in [-0.4, -0.2) is 17.7 Å². The maximum absolute atomic E-state index is 12.0. The van der Waals surface area contributed by atoms with E-state index in [0.29, 0.717) is 0 Å². The number of hydrogen-bond donors (Lipinski definition) is 1. The second kappa shape index (κ2) is 11.0. The molecular formula is C16H31NO2. The molecule has 0 aromatic rings. The average Bonchev–Trinajstić information content (AvgIpc) is 2.37. The third-order valence-electron chi connectivity index (χ3n) is 3.59. The first-order valence-electron chi connectivity index (χ1n) is 7.83. The Labute approximate surface area is 118 Å². The molecule has 0 spiro atoms. The van der Waals surface area contributed by atoms with Gasteiger partial charge >= 0.3 is 0 Å². The van der Waals surface area contributed by atoms with Crippen molar-refractivity contribution in [3.63, 3.8) is 0 Å². The molecule has 0 saturated heterocycles. The van der Waals surface area contributed by atoms with Crippen molar-refractivity contribution in [1.29, 1.82) is 0 Å². The predicted octanol–water partition coefficient (Wildman–Crippen LogP) is 3.86.